The van der Waals surface area contributed by atoms with Gasteiger partial charge < -0.3 is 10.1 Å². The van der Waals surface area contributed by atoms with Gasteiger partial charge in [0.15, 0.2) is 0 Å². The Hall–Kier alpha value is -1.58. The molecule has 2 rings (SSSR count). The van der Waals surface area contributed by atoms with Crippen molar-refractivity contribution in [3.63, 3.8) is 0 Å². The summed E-state index contributed by atoms with van der Waals surface area (Å²) in [6, 6.07) is 5.78. The van der Waals surface area contributed by atoms with Crippen LogP contribution in [0.15, 0.2) is 24.4 Å². The first kappa shape index (κ1) is 12.9. The van der Waals surface area contributed by atoms with Crippen LogP contribution in [0.4, 0.5) is 4.79 Å². The number of rotatable bonds is 2. The number of carbonyl (C=O) groups excluding carboxylic acids is 1. The van der Waals surface area contributed by atoms with Crippen LogP contribution in [0.25, 0.3) is 0 Å². The molecule has 1 fully saturated rings. The Morgan fingerprint density at radius 2 is 2.11 bits per heavy atom. The SMILES string of the molecule is CC(C)(C)OC(=O)NC1(c2ccccn2)CCC1. The first-order valence-electron chi connectivity index (χ1n) is 6.34. The minimum Gasteiger partial charge on any atom is -0.444 e. The lowest BCUT2D eigenvalue weighted by Crippen LogP contribution is -2.52. The zero-order valence-corrected chi connectivity index (χ0v) is 11.2. The second-order valence-electron chi connectivity index (χ2n) is 5.78. The third-order valence-corrected chi connectivity index (χ3v) is 3.10. The number of carbonyl (C=O) groups is 1. The lowest BCUT2D eigenvalue weighted by Gasteiger charge is -2.42. The van der Waals surface area contributed by atoms with Crippen LogP contribution in [-0.2, 0) is 10.3 Å². The van der Waals surface area contributed by atoms with Crippen LogP contribution in [0.1, 0.15) is 45.7 Å². The highest BCUT2D eigenvalue weighted by Crippen LogP contribution is 2.40. The third-order valence-electron chi connectivity index (χ3n) is 3.10. The van der Waals surface area contributed by atoms with E-state index in [1.165, 1.54) is 0 Å². The van der Waals surface area contributed by atoms with Crippen LogP contribution in [0.3, 0.4) is 0 Å². The number of aromatic nitrogens is 1. The zero-order chi connectivity index (χ0) is 13.2. The van der Waals surface area contributed by atoms with Crippen molar-refractivity contribution in [3.8, 4) is 0 Å². The number of hydrogen-bond donors (Lipinski definition) is 1. The third kappa shape index (κ3) is 2.81. The standard InChI is InChI=1S/C14H20N2O2/c1-13(2,3)18-12(17)16-14(8-6-9-14)11-7-4-5-10-15-11/h4-5,7,10H,6,8-9H2,1-3H3,(H,16,17). The molecule has 0 aromatic carbocycles. The summed E-state index contributed by atoms with van der Waals surface area (Å²) in [5.41, 5.74) is 0.116. The molecule has 98 valence electrons. The fourth-order valence-corrected chi connectivity index (χ4v) is 2.12. The molecule has 0 radical (unpaired) electrons. The second kappa shape index (κ2) is 4.59. The number of hydrogen-bond acceptors (Lipinski definition) is 3. The molecule has 4 nitrogen and oxygen atoms in total. The maximum atomic E-state index is 11.9. The van der Waals surface area contributed by atoms with Gasteiger partial charge in [-0.3, -0.25) is 4.98 Å². The zero-order valence-electron chi connectivity index (χ0n) is 11.2. The molecule has 1 aliphatic rings. The molecule has 0 aliphatic heterocycles. The fraction of sp³-hybridized carbons (Fsp3) is 0.571. The van der Waals surface area contributed by atoms with Crippen molar-refractivity contribution in [1.82, 2.24) is 10.3 Å². The second-order valence-corrected chi connectivity index (χ2v) is 5.78. The summed E-state index contributed by atoms with van der Waals surface area (Å²) in [5, 5.41) is 2.98. The lowest BCUT2D eigenvalue weighted by molar-refractivity contribution is 0.0371. The Bertz CT molecular complexity index is 419. The molecule has 0 spiro atoms. The van der Waals surface area contributed by atoms with Crippen LogP contribution in [0, 0.1) is 0 Å². The molecule has 1 aromatic heterocycles. The molecule has 0 saturated heterocycles. The number of alkyl carbamates (subject to hydrolysis) is 1. The Morgan fingerprint density at radius 1 is 1.39 bits per heavy atom. The first-order chi connectivity index (χ1) is 8.41. The van der Waals surface area contributed by atoms with Crippen LogP contribution in [-0.4, -0.2) is 16.7 Å². The Morgan fingerprint density at radius 3 is 2.56 bits per heavy atom. The summed E-state index contributed by atoms with van der Waals surface area (Å²) in [7, 11) is 0. The molecule has 1 saturated carbocycles. The molecule has 1 aliphatic carbocycles. The number of amides is 1. The number of pyridine rings is 1. The van der Waals surface area contributed by atoms with Crippen molar-refractivity contribution >= 4 is 6.09 Å². The Balaban J connectivity index is 2.08. The summed E-state index contributed by atoms with van der Waals surface area (Å²) < 4.78 is 5.31. The van der Waals surface area contributed by atoms with Crippen molar-refractivity contribution in [2.75, 3.05) is 0 Å². The predicted octanol–water partition coefficient (Wildman–Crippen LogP) is 2.99. The van der Waals surface area contributed by atoms with Gasteiger partial charge in [-0.1, -0.05) is 6.07 Å². The van der Waals surface area contributed by atoms with E-state index >= 15 is 0 Å². The van der Waals surface area contributed by atoms with Gasteiger partial charge in [0.1, 0.15) is 5.60 Å². The summed E-state index contributed by atoms with van der Waals surface area (Å²) in [5.74, 6) is 0. The summed E-state index contributed by atoms with van der Waals surface area (Å²) in [4.78, 5) is 16.2. The molecule has 1 N–H and O–H groups in total. The summed E-state index contributed by atoms with van der Waals surface area (Å²) in [6.45, 7) is 5.59. The fourth-order valence-electron chi connectivity index (χ4n) is 2.12. The number of nitrogens with zero attached hydrogens (tertiary/aromatic N) is 1. The molecule has 1 heterocycles. The van der Waals surface area contributed by atoms with Gasteiger partial charge in [0, 0.05) is 6.20 Å². The largest absolute Gasteiger partial charge is 0.444 e. The molecule has 4 heteroatoms. The van der Waals surface area contributed by atoms with Gasteiger partial charge in [0.2, 0.25) is 0 Å². The van der Waals surface area contributed by atoms with Crippen molar-refractivity contribution < 1.29 is 9.53 Å². The average Bonchev–Trinajstić information content (AvgIpc) is 2.22. The van der Waals surface area contributed by atoms with Crippen LogP contribution in [0.2, 0.25) is 0 Å². The lowest BCUT2D eigenvalue weighted by atomic mass is 9.74. The molecule has 1 amide bonds. The van der Waals surface area contributed by atoms with E-state index in [1.54, 1.807) is 6.20 Å². The van der Waals surface area contributed by atoms with Gasteiger partial charge in [0.05, 0.1) is 11.2 Å². The van der Waals surface area contributed by atoms with E-state index in [2.05, 4.69) is 10.3 Å². The van der Waals surface area contributed by atoms with Crippen molar-refractivity contribution in [2.24, 2.45) is 0 Å². The van der Waals surface area contributed by atoms with Crippen molar-refractivity contribution in [3.05, 3.63) is 30.1 Å². The van der Waals surface area contributed by atoms with Gasteiger partial charge in [-0.15, -0.1) is 0 Å². The first-order valence-corrected chi connectivity index (χ1v) is 6.34. The van der Waals surface area contributed by atoms with E-state index in [1.807, 2.05) is 39.0 Å². The van der Waals surface area contributed by atoms with E-state index < -0.39 is 5.60 Å². The van der Waals surface area contributed by atoms with E-state index in [0.29, 0.717) is 0 Å². The van der Waals surface area contributed by atoms with E-state index in [9.17, 15) is 4.79 Å². The van der Waals surface area contributed by atoms with Gasteiger partial charge in [0.25, 0.3) is 0 Å². The average molecular weight is 248 g/mol. The van der Waals surface area contributed by atoms with Gasteiger partial charge >= 0.3 is 6.09 Å². The highest BCUT2D eigenvalue weighted by atomic mass is 16.6. The molecule has 0 unspecified atom stereocenters. The van der Waals surface area contributed by atoms with Gasteiger partial charge in [-0.25, -0.2) is 4.79 Å². The van der Waals surface area contributed by atoms with E-state index in [0.717, 1.165) is 25.0 Å². The normalized spacial score (nSPS) is 17.7. The molecule has 18 heavy (non-hydrogen) atoms. The predicted molar refractivity (Wildman–Crippen MR) is 69.1 cm³/mol. The Labute approximate surface area is 108 Å². The quantitative estimate of drug-likeness (QED) is 0.875. The van der Waals surface area contributed by atoms with Crippen molar-refractivity contribution in [2.45, 2.75) is 51.2 Å². The van der Waals surface area contributed by atoms with E-state index in [-0.39, 0.29) is 11.6 Å². The molecule has 0 bridgehead atoms. The van der Waals surface area contributed by atoms with E-state index in [4.69, 9.17) is 4.74 Å². The molecular formula is C14H20N2O2. The minimum atomic E-state index is -0.473. The van der Waals surface area contributed by atoms with Crippen LogP contribution >= 0.6 is 0 Å². The monoisotopic (exact) mass is 248 g/mol. The van der Waals surface area contributed by atoms with Crippen molar-refractivity contribution in [1.29, 1.82) is 0 Å². The van der Waals surface area contributed by atoms with Gasteiger partial charge in [-0.2, -0.15) is 0 Å². The minimum absolute atomic E-state index is 0.330. The number of nitrogens with one attached hydrogen (secondary N) is 1. The molecule has 1 aromatic rings. The van der Waals surface area contributed by atoms with Gasteiger partial charge in [-0.05, 0) is 52.2 Å². The summed E-state index contributed by atoms with van der Waals surface area (Å²) in [6.07, 6.45) is 4.33. The maximum absolute atomic E-state index is 11.9. The van der Waals surface area contributed by atoms with Crippen LogP contribution in [0.5, 0.6) is 0 Å². The topological polar surface area (TPSA) is 51.2 Å². The number of ether oxygens (including phenoxy) is 1. The summed E-state index contributed by atoms with van der Waals surface area (Å²) >= 11 is 0. The molecular weight excluding hydrogens is 228 g/mol. The molecule has 0 atom stereocenters. The smallest absolute Gasteiger partial charge is 0.408 e. The highest BCUT2D eigenvalue weighted by Gasteiger charge is 2.42. The van der Waals surface area contributed by atoms with Crippen LogP contribution < -0.4 is 5.32 Å². The Kier molecular flexibility index (Phi) is 3.28. The maximum Gasteiger partial charge on any atom is 0.408 e. The highest BCUT2D eigenvalue weighted by molar-refractivity contribution is 5.69.